The fourth-order valence-electron chi connectivity index (χ4n) is 3.09. The van der Waals surface area contributed by atoms with E-state index in [1.807, 2.05) is 60.7 Å². The molecule has 0 atom stereocenters. The zero-order valence-electron chi connectivity index (χ0n) is 20.6. The average molecular weight is 521 g/mol. The third-order valence-electron chi connectivity index (χ3n) is 5.05. The lowest BCUT2D eigenvalue weighted by Gasteiger charge is -2.08. The zero-order chi connectivity index (χ0) is 25.7. The number of alkyl carbamates (subject to hydrolysis) is 2. The SMILES string of the molecule is O=C(NCCCCCO[PH](=O)OCCCCCNC(=O)OCc1ccccc1)OCc1ccccc1. The van der Waals surface area contributed by atoms with E-state index in [1.165, 1.54) is 0 Å². The number of benzene rings is 2. The van der Waals surface area contributed by atoms with Crippen molar-refractivity contribution in [2.24, 2.45) is 0 Å². The van der Waals surface area contributed by atoms with Gasteiger partial charge in [-0.25, -0.2) is 9.59 Å². The van der Waals surface area contributed by atoms with Gasteiger partial charge >= 0.3 is 20.4 Å². The Labute approximate surface area is 213 Å². The van der Waals surface area contributed by atoms with Gasteiger partial charge < -0.3 is 29.2 Å². The second-order valence-electron chi connectivity index (χ2n) is 8.05. The van der Waals surface area contributed by atoms with E-state index in [4.69, 9.17) is 18.5 Å². The molecule has 0 heterocycles. The van der Waals surface area contributed by atoms with Gasteiger partial charge in [0.05, 0.1) is 13.2 Å². The first-order valence-corrected chi connectivity index (χ1v) is 13.5. The van der Waals surface area contributed by atoms with Gasteiger partial charge in [-0.3, -0.25) is 4.57 Å². The second-order valence-corrected chi connectivity index (χ2v) is 9.12. The molecular weight excluding hydrogens is 483 g/mol. The summed E-state index contributed by atoms with van der Waals surface area (Å²) in [5.74, 6) is 0. The molecule has 0 saturated heterocycles. The molecule has 198 valence electrons. The van der Waals surface area contributed by atoms with E-state index in [9.17, 15) is 14.2 Å². The Morgan fingerprint density at radius 2 is 1.03 bits per heavy atom. The van der Waals surface area contributed by atoms with E-state index in [2.05, 4.69) is 10.6 Å². The van der Waals surface area contributed by atoms with E-state index >= 15 is 0 Å². The molecule has 0 aliphatic rings. The average Bonchev–Trinajstić information content (AvgIpc) is 2.90. The molecule has 2 N–H and O–H groups in total. The third-order valence-corrected chi connectivity index (χ3v) is 5.93. The summed E-state index contributed by atoms with van der Waals surface area (Å²) >= 11 is 0. The number of unbranched alkanes of at least 4 members (excludes halogenated alkanes) is 4. The van der Waals surface area contributed by atoms with Crippen LogP contribution in [0.2, 0.25) is 0 Å². The summed E-state index contributed by atoms with van der Waals surface area (Å²) in [5.41, 5.74) is 1.88. The van der Waals surface area contributed by atoms with Gasteiger partial charge in [0.1, 0.15) is 13.2 Å². The quantitative estimate of drug-likeness (QED) is 0.194. The van der Waals surface area contributed by atoms with Crippen molar-refractivity contribution in [3.63, 3.8) is 0 Å². The molecule has 0 unspecified atom stereocenters. The molecule has 10 heteroatoms. The van der Waals surface area contributed by atoms with Crippen LogP contribution in [0.4, 0.5) is 9.59 Å². The Bertz CT molecular complexity index is 813. The van der Waals surface area contributed by atoms with E-state index in [0.29, 0.717) is 26.3 Å². The number of amides is 2. The Balaban J connectivity index is 1.32. The van der Waals surface area contributed by atoms with Crippen molar-refractivity contribution in [3.8, 4) is 0 Å². The minimum Gasteiger partial charge on any atom is -0.445 e. The zero-order valence-corrected chi connectivity index (χ0v) is 21.6. The molecule has 0 radical (unpaired) electrons. The van der Waals surface area contributed by atoms with Gasteiger partial charge in [-0.2, -0.15) is 0 Å². The smallest absolute Gasteiger partial charge is 0.407 e. The lowest BCUT2D eigenvalue weighted by atomic mass is 10.2. The van der Waals surface area contributed by atoms with E-state index in [0.717, 1.165) is 49.7 Å². The summed E-state index contributed by atoms with van der Waals surface area (Å²) < 4.78 is 32.5. The van der Waals surface area contributed by atoms with Crippen molar-refractivity contribution < 1.29 is 32.7 Å². The van der Waals surface area contributed by atoms with E-state index in [-0.39, 0.29) is 13.2 Å². The first-order chi connectivity index (χ1) is 17.6. The van der Waals surface area contributed by atoms with Crippen molar-refractivity contribution in [1.82, 2.24) is 10.6 Å². The van der Waals surface area contributed by atoms with Gasteiger partial charge in [-0.15, -0.1) is 0 Å². The van der Waals surface area contributed by atoms with Crippen molar-refractivity contribution in [1.29, 1.82) is 0 Å². The van der Waals surface area contributed by atoms with Crippen molar-refractivity contribution in [2.45, 2.75) is 51.7 Å². The predicted octanol–water partition coefficient (Wildman–Crippen LogP) is 5.60. The topological polar surface area (TPSA) is 112 Å². The van der Waals surface area contributed by atoms with Gasteiger partial charge in [-0.1, -0.05) is 60.7 Å². The number of rotatable bonds is 18. The molecule has 2 aromatic rings. The van der Waals surface area contributed by atoms with Crippen molar-refractivity contribution >= 4 is 20.4 Å². The number of carbonyl (C=O) groups is 2. The Hall–Kier alpha value is -2.87. The third kappa shape index (κ3) is 15.2. The fraction of sp³-hybridized carbons (Fsp3) is 0.462. The van der Waals surface area contributed by atoms with Crippen LogP contribution in [-0.4, -0.2) is 38.5 Å². The van der Waals surface area contributed by atoms with Gasteiger partial charge in [-0.05, 0) is 49.7 Å². The maximum atomic E-state index is 11.8. The molecule has 9 nitrogen and oxygen atoms in total. The number of hydrogen-bond donors (Lipinski definition) is 2. The second kappa shape index (κ2) is 19.3. The maximum Gasteiger partial charge on any atom is 0.407 e. The summed E-state index contributed by atoms with van der Waals surface area (Å²) in [4.78, 5) is 23.3. The van der Waals surface area contributed by atoms with Crippen LogP contribution in [0, 0.1) is 0 Å². The largest absolute Gasteiger partial charge is 0.445 e. The van der Waals surface area contributed by atoms with Crippen LogP contribution in [0.15, 0.2) is 60.7 Å². The summed E-state index contributed by atoms with van der Waals surface area (Å²) in [6.07, 6.45) is 3.79. The molecule has 2 aromatic carbocycles. The van der Waals surface area contributed by atoms with Gasteiger partial charge in [0.2, 0.25) is 0 Å². The first-order valence-electron chi connectivity index (χ1n) is 12.3. The van der Waals surface area contributed by atoms with Crippen LogP contribution in [0.5, 0.6) is 0 Å². The van der Waals surface area contributed by atoms with Crippen LogP contribution in [0.25, 0.3) is 0 Å². The van der Waals surface area contributed by atoms with Gasteiger partial charge in [0, 0.05) is 13.1 Å². The molecule has 0 spiro atoms. The highest BCUT2D eigenvalue weighted by Gasteiger charge is 2.04. The number of ether oxygens (including phenoxy) is 2. The Morgan fingerprint density at radius 3 is 1.44 bits per heavy atom. The standard InChI is InChI=1S/C26H37N2O7P/c29-25(32-21-23-13-5-1-6-14-23)27-17-9-3-11-19-34-36(31)35-20-12-4-10-18-28-26(30)33-22-24-15-7-2-8-16-24/h1-2,5-8,13-16,36H,3-4,9-12,17-22H2,(H,27,29)(H,28,30). The highest BCUT2D eigenvalue weighted by Crippen LogP contribution is 2.24. The number of nitrogens with one attached hydrogen (secondary N) is 2. The van der Waals surface area contributed by atoms with Gasteiger partial charge in [0.15, 0.2) is 0 Å². The van der Waals surface area contributed by atoms with Crippen LogP contribution in [0.1, 0.15) is 49.7 Å². The molecule has 2 amide bonds. The highest BCUT2D eigenvalue weighted by molar-refractivity contribution is 7.33. The van der Waals surface area contributed by atoms with E-state index in [1.54, 1.807) is 0 Å². The van der Waals surface area contributed by atoms with Crippen LogP contribution >= 0.6 is 8.25 Å². The normalized spacial score (nSPS) is 10.7. The maximum absolute atomic E-state index is 11.8. The van der Waals surface area contributed by atoms with Crippen LogP contribution in [-0.2, 0) is 36.3 Å². The minimum atomic E-state index is -2.50. The molecule has 0 aliphatic heterocycles. The summed E-state index contributed by atoms with van der Waals surface area (Å²) in [6, 6.07) is 19.0. The molecule has 2 rings (SSSR count). The predicted molar refractivity (Wildman–Crippen MR) is 138 cm³/mol. The highest BCUT2D eigenvalue weighted by atomic mass is 31.1. The van der Waals surface area contributed by atoms with Crippen LogP contribution < -0.4 is 10.6 Å². The van der Waals surface area contributed by atoms with Gasteiger partial charge in [0.25, 0.3) is 0 Å². The lowest BCUT2D eigenvalue weighted by molar-refractivity contribution is 0.138. The molecule has 0 bridgehead atoms. The number of hydrogen-bond acceptors (Lipinski definition) is 7. The van der Waals surface area contributed by atoms with E-state index < -0.39 is 20.4 Å². The van der Waals surface area contributed by atoms with Crippen molar-refractivity contribution in [2.75, 3.05) is 26.3 Å². The minimum absolute atomic E-state index is 0.246. The number of carbonyl (C=O) groups excluding carboxylic acids is 2. The molecule has 0 saturated carbocycles. The summed E-state index contributed by atoms with van der Waals surface area (Å²) in [7, 11) is -2.50. The lowest BCUT2D eigenvalue weighted by Crippen LogP contribution is -2.25. The Kier molecular flexibility index (Phi) is 15.8. The molecule has 0 aromatic heterocycles. The molecule has 36 heavy (non-hydrogen) atoms. The van der Waals surface area contributed by atoms with Crippen molar-refractivity contribution in [3.05, 3.63) is 71.8 Å². The molecule has 0 fully saturated rings. The summed E-state index contributed by atoms with van der Waals surface area (Å²) in [6.45, 7) is 2.22. The monoisotopic (exact) mass is 520 g/mol. The molecular formula is C26H37N2O7P. The first kappa shape index (κ1) is 29.4. The summed E-state index contributed by atoms with van der Waals surface area (Å²) in [5, 5.41) is 5.42. The Morgan fingerprint density at radius 1 is 0.611 bits per heavy atom. The molecule has 0 aliphatic carbocycles. The fourth-order valence-corrected chi connectivity index (χ4v) is 3.79. The van der Waals surface area contributed by atoms with Crippen LogP contribution in [0.3, 0.4) is 0 Å².